The summed E-state index contributed by atoms with van der Waals surface area (Å²) in [7, 11) is 0. The maximum absolute atomic E-state index is 10.9. The van der Waals surface area contributed by atoms with Crippen LogP contribution in [0.1, 0.15) is 30.8 Å². The second-order valence-electron chi connectivity index (χ2n) is 4.47. The van der Waals surface area contributed by atoms with Crippen molar-refractivity contribution in [3.05, 3.63) is 17.8 Å². The Bertz CT molecular complexity index is 420. The number of nitrogens with zero attached hydrogens (tertiary/aromatic N) is 2. The Morgan fingerprint density at radius 2 is 2.35 bits per heavy atom. The fraction of sp³-hybridized carbons (Fsp3) is 0.545. The van der Waals surface area contributed by atoms with Crippen LogP contribution in [0, 0.1) is 0 Å². The summed E-state index contributed by atoms with van der Waals surface area (Å²) >= 11 is 0. The highest BCUT2D eigenvalue weighted by atomic mass is 16.5. The van der Waals surface area contributed by atoms with E-state index in [1.54, 1.807) is 12.1 Å². The van der Waals surface area contributed by atoms with Gasteiger partial charge in [0.1, 0.15) is 5.82 Å². The second-order valence-corrected chi connectivity index (χ2v) is 4.47. The molecule has 1 amide bonds. The molecule has 3 N–H and O–H groups in total. The normalized spacial score (nSPS) is 28.0. The average Bonchev–Trinajstić information content (AvgIpc) is 2.60. The number of aromatic nitrogens is 2. The molecule has 0 saturated carbocycles. The zero-order chi connectivity index (χ0) is 12.5. The standard InChI is InChI=1S/C11H16N4O2/c1-7-11(2,5-6-17-7)13-9-4-3-8(10(12)16)14-15-9/h3-4,7H,5-6H2,1-2H3,(H2,12,16)(H,13,15). The zero-order valence-corrected chi connectivity index (χ0v) is 9.93. The molecule has 1 saturated heterocycles. The average molecular weight is 236 g/mol. The number of ether oxygens (including phenoxy) is 1. The van der Waals surface area contributed by atoms with Crippen molar-refractivity contribution in [1.29, 1.82) is 0 Å². The van der Waals surface area contributed by atoms with Crippen molar-refractivity contribution in [2.24, 2.45) is 5.73 Å². The topological polar surface area (TPSA) is 90.1 Å². The van der Waals surface area contributed by atoms with E-state index >= 15 is 0 Å². The first-order chi connectivity index (χ1) is 8.01. The van der Waals surface area contributed by atoms with Crippen molar-refractivity contribution in [1.82, 2.24) is 10.2 Å². The maximum Gasteiger partial charge on any atom is 0.269 e. The number of hydrogen-bond acceptors (Lipinski definition) is 5. The second kappa shape index (κ2) is 4.29. The summed E-state index contributed by atoms with van der Waals surface area (Å²) in [6.45, 7) is 4.83. The van der Waals surface area contributed by atoms with Gasteiger partial charge < -0.3 is 15.8 Å². The van der Waals surface area contributed by atoms with Gasteiger partial charge in [0.25, 0.3) is 5.91 Å². The largest absolute Gasteiger partial charge is 0.376 e. The van der Waals surface area contributed by atoms with Crippen LogP contribution in [0.25, 0.3) is 0 Å². The molecule has 92 valence electrons. The third-order valence-corrected chi connectivity index (χ3v) is 3.22. The summed E-state index contributed by atoms with van der Waals surface area (Å²) in [6, 6.07) is 3.25. The van der Waals surface area contributed by atoms with E-state index in [1.165, 1.54) is 0 Å². The predicted octanol–water partition coefficient (Wildman–Crippen LogP) is 0.555. The first-order valence-electron chi connectivity index (χ1n) is 5.54. The Labute approximate surface area is 99.6 Å². The van der Waals surface area contributed by atoms with Crippen molar-refractivity contribution >= 4 is 11.7 Å². The molecule has 2 heterocycles. The lowest BCUT2D eigenvalue weighted by molar-refractivity contribution is 0.0994. The number of rotatable bonds is 3. The lowest BCUT2D eigenvalue weighted by Crippen LogP contribution is -2.41. The molecule has 2 unspecified atom stereocenters. The Morgan fingerprint density at radius 3 is 2.82 bits per heavy atom. The van der Waals surface area contributed by atoms with E-state index in [-0.39, 0.29) is 17.3 Å². The van der Waals surface area contributed by atoms with Crippen LogP contribution in [0.2, 0.25) is 0 Å². The van der Waals surface area contributed by atoms with Gasteiger partial charge in [0, 0.05) is 6.61 Å². The van der Waals surface area contributed by atoms with E-state index in [2.05, 4.69) is 22.4 Å². The number of amides is 1. The van der Waals surface area contributed by atoms with Crippen LogP contribution in [0.4, 0.5) is 5.82 Å². The van der Waals surface area contributed by atoms with Crippen LogP contribution in [0.5, 0.6) is 0 Å². The van der Waals surface area contributed by atoms with Crippen LogP contribution in [-0.2, 0) is 4.74 Å². The Hall–Kier alpha value is -1.69. The van der Waals surface area contributed by atoms with Gasteiger partial charge in [-0.3, -0.25) is 4.79 Å². The number of anilines is 1. The van der Waals surface area contributed by atoms with Crippen LogP contribution in [0.3, 0.4) is 0 Å². The molecule has 1 aromatic heterocycles. The van der Waals surface area contributed by atoms with E-state index in [0.717, 1.165) is 13.0 Å². The highest BCUT2D eigenvalue weighted by Gasteiger charge is 2.37. The number of nitrogens with two attached hydrogens (primary N) is 1. The first kappa shape index (κ1) is 11.8. The minimum atomic E-state index is -0.576. The molecular formula is C11H16N4O2. The van der Waals surface area contributed by atoms with Gasteiger partial charge in [-0.2, -0.15) is 0 Å². The number of nitrogens with one attached hydrogen (secondary N) is 1. The molecule has 1 aliphatic heterocycles. The summed E-state index contributed by atoms with van der Waals surface area (Å²) < 4.78 is 5.52. The van der Waals surface area contributed by atoms with E-state index in [9.17, 15) is 4.79 Å². The summed E-state index contributed by atoms with van der Waals surface area (Å²) in [6.07, 6.45) is 1.02. The van der Waals surface area contributed by atoms with Crippen molar-refractivity contribution in [3.8, 4) is 0 Å². The molecule has 17 heavy (non-hydrogen) atoms. The lowest BCUT2D eigenvalue weighted by atomic mass is 9.95. The summed E-state index contributed by atoms with van der Waals surface area (Å²) in [4.78, 5) is 10.9. The SMILES string of the molecule is CC1OCCC1(C)Nc1ccc(C(N)=O)nn1. The quantitative estimate of drug-likeness (QED) is 0.800. The first-order valence-corrected chi connectivity index (χ1v) is 5.54. The summed E-state index contributed by atoms with van der Waals surface area (Å²) in [5.74, 6) is 0.0441. The number of carbonyl (C=O) groups excluding carboxylic acids is 1. The van der Waals surface area contributed by atoms with E-state index in [4.69, 9.17) is 10.5 Å². The van der Waals surface area contributed by atoms with Crippen molar-refractivity contribution in [2.75, 3.05) is 11.9 Å². The molecule has 1 aromatic rings. The fourth-order valence-corrected chi connectivity index (χ4v) is 1.82. The van der Waals surface area contributed by atoms with Gasteiger partial charge in [0.05, 0.1) is 11.6 Å². The third kappa shape index (κ3) is 2.36. The van der Waals surface area contributed by atoms with Gasteiger partial charge in [0.2, 0.25) is 0 Å². The molecule has 1 fully saturated rings. The molecule has 0 aliphatic carbocycles. The maximum atomic E-state index is 10.9. The molecule has 2 rings (SSSR count). The molecule has 0 spiro atoms. The fourth-order valence-electron chi connectivity index (χ4n) is 1.82. The third-order valence-electron chi connectivity index (χ3n) is 3.22. The Balaban J connectivity index is 2.11. The smallest absolute Gasteiger partial charge is 0.269 e. The summed E-state index contributed by atoms with van der Waals surface area (Å²) in [5.41, 5.74) is 5.11. The van der Waals surface area contributed by atoms with Gasteiger partial charge >= 0.3 is 0 Å². The van der Waals surface area contributed by atoms with Crippen LogP contribution in [-0.4, -0.2) is 34.4 Å². The Kier molecular flexibility index (Phi) is 2.97. The van der Waals surface area contributed by atoms with Gasteiger partial charge in [-0.1, -0.05) is 0 Å². The highest BCUT2D eigenvalue weighted by molar-refractivity contribution is 5.90. The highest BCUT2D eigenvalue weighted by Crippen LogP contribution is 2.28. The molecule has 6 nitrogen and oxygen atoms in total. The molecular weight excluding hydrogens is 220 g/mol. The van der Waals surface area contributed by atoms with Gasteiger partial charge in [0.15, 0.2) is 5.69 Å². The number of hydrogen-bond donors (Lipinski definition) is 2. The van der Waals surface area contributed by atoms with E-state index in [0.29, 0.717) is 5.82 Å². The predicted molar refractivity (Wildman–Crippen MR) is 62.6 cm³/mol. The van der Waals surface area contributed by atoms with Crippen molar-refractivity contribution < 1.29 is 9.53 Å². The Morgan fingerprint density at radius 1 is 1.59 bits per heavy atom. The lowest BCUT2D eigenvalue weighted by Gasteiger charge is -2.29. The minimum absolute atomic E-state index is 0.111. The number of carbonyl (C=O) groups is 1. The van der Waals surface area contributed by atoms with Gasteiger partial charge in [-0.05, 0) is 32.4 Å². The molecule has 0 radical (unpaired) electrons. The minimum Gasteiger partial charge on any atom is -0.376 e. The van der Waals surface area contributed by atoms with Gasteiger partial charge in [-0.15, -0.1) is 10.2 Å². The molecule has 1 aliphatic rings. The van der Waals surface area contributed by atoms with Crippen LogP contribution >= 0.6 is 0 Å². The molecule has 2 atom stereocenters. The molecule has 0 bridgehead atoms. The number of primary amides is 1. The molecule has 0 aromatic carbocycles. The van der Waals surface area contributed by atoms with Crippen molar-refractivity contribution in [3.63, 3.8) is 0 Å². The zero-order valence-electron chi connectivity index (χ0n) is 9.93. The van der Waals surface area contributed by atoms with Gasteiger partial charge in [-0.25, -0.2) is 0 Å². The summed E-state index contributed by atoms with van der Waals surface area (Å²) in [5, 5.41) is 11.0. The van der Waals surface area contributed by atoms with E-state index < -0.39 is 5.91 Å². The molecule has 6 heteroatoms. The van der Waals surface area contributed by atoms with Crippen LogP contribution in [0.15, 0.2) is 12.1 Å². The van der Waals surface area contributed by atoms with Crippen molar-refractivity contribution in [2.45, 2.75) is 31.9 Å². The van der Waals surface area contributed by atoms with Crippen LogP contribution < -0.4 is 11.1 Å². The monoisotopic (exact) mass is 236 g/mol. The van der Waals surface area contributed by atoms with E-state index in [1.807, 2.05) is 6.92 Å².